The van der Waals surface area contributed by atoms with E-state index in [0.29, 0.717) is 5.69 Å². The van der Waals surface area contributed by atoms with Gasteiger partial charge in [-0.1, -0.05) is 44.2 Å². The number of anilines is 1. The molecule has 10 heteroatoms. The number of ketones is 1. The minimum atomic E-state index is -0.819. The second-order valence-corrected chi connectivity index (χ2v) is 8.54. The predicted octanol–water partition coefficient (Wildman–Crippen LogP) is 1.88. The summed E-state index contributed by atoms with van der Waals surface area (Å²) in [5.74, 6) is -1.58. The maximum atomic E-state index is 12.6. The number of Topliss-reactive ketones (excluding diaryl/α,β-unsaturated/α-hetero) is 1. The third-order valence-electron chi connectivity index (χ3n) is 4.67. The van der Waals surface area contributed by atoms with E-state index in [-0.39, 0.29) is 30.3 Å². The molecule has 3 aromatic rings. The fourth-order valence-electron chi connectivity index (χ4n) is 3.11. The molecular weight excluding hydrogens is 432 g/mol. The first-order valence-corrected chi connectivity index (χ1v) is 10.8. The zero-order valence-corrected chi connectivity index (χ0v) is 18.8. The van der Waals surface area contributed by atoms with Crippen LogP contribution in [-0.4, -0.2) is 32.5 Å². The van der Waals surface area contributed by atoms with Crippen molar-refractivity contribution in [2.75, 3.05) is 12.3 Å². The van der Waals surface area contributed by atoms with E-state index in [1.165, 1.54) is 23.0 Å². The van der Waals surface area contributed by atoms with Gasteiger partial charge in [0.25, 0.3) is 5.56 Å². The Morgan fingerprint density at radius 3 is 2.53 bits per heavy atom. The average Bonchev–Trinajstić information content (AvgIpc) is 3.23. The molecule has 0 amide bonds. The monoisotopic (exact) mass is 456 g/mol. The molecule has 9 nitrogen and oxygen atoms in total. The number of rotatable bonds is 8. The first-order valence-electron chi connectivity index (χ1n) is 9.97. The van der Waals surface area contributed by atoms with E-state index in [9.17, 15) is 19.2 Å². The Morgan fingerprint density at radius 1 is 1.19 bits per heavy atom. The van der Waals surface area contributed by atoms with Crippen molar-refractivity contribution in [2.24, 2.45) is 13.0 Å². The number of nitrogen functional groups attached to an aromatic ring is 1. The van der Waals surface area contributed by atoms with Crippen LogP contribution in [0.5, 0.6) is 0 Å². The molecule has 2 N–H and O–H groups in total. The summed E-state index contributed by atoms with van der Waals surface area (Å²) in [6.45, 7) is 3.34. The van der Waals surface area contributed by atoms with Gasteiger partial charge < -0.3 is 10.5 Å². The summed E-state index contributed by atoms with van der Waals surface area (Å²) >= 11 is 1.40. The van der Waals surface area contributed by atoms with Crippen LogP contribution in [0.3, 0.4) is 0 Å². The van der Waals surface area contributed by atoms with E-state index in [1.54, 1.807) is 5.38 Å². The third kappa shape index (κ3) is 5.02. The lowest BCUT2D eigenvalue weighted by Crippen LogP contribution is -2.43. The molecule has 3 rings (SSSR count). The van der Waals surface area contributed by atoms with Crippen LogP contribution < -0.4 is 17.0 Å². The van der Waals surface area contributed by atoms with Gasteiger partial charge >= 0.3 is 11.7 Å². The quantitative estimate of drug-likeness (QED) is 0.405. The number of carbonyl (C=O) groups is 2. The van der Waals surface area contributed by atoms with Crippen LogP contribution in [0.15, 0.2) is 45.3 Å². The molecular formula is C22H24N4O5S. The normalized spacial score (nSPS) is 11.0. The zero-order valence-electron chi connectivity index (χ0n) is 18.0. The van der Waals surface area contributed by atoms with Crippen molar-refractivity contribution < 1.29 is 14.3 Å². The van der Waals surface area contributed by atoms with Gasteiger partial charge in [-0.05, 0) is 5.92 Å². The summed E-state index contributed by atoms with van der Waals surface area (Å²) in [6.07, 6.45) is -0.114. The molecule has 0 unspecified atom stereocenters. The highest BCUT2D eigenvalue weighted by atomic mass is 32.1. The standard InChI is InChI=1S/C22H24N4O5S/c1-13(2)10-26-19(23)18(21(29)25(3)22(26)30)16(27)11-31-17(28)9-15-12-32-20(24-15)14-7-5-4-6-8-14/h4-8,12-13H,9-11,23H2,1-3H3. The summed E-state index contributed by atoms with van der Waals surface area (Å²) in [6, 6.07) is 9.54. The van der Waals surface area contributed by atoms with Gasteiger partial charge in [0.05, 0.1) is 12.1 Å². The van der Waals surface area contributed by atoms with Crippen molar-refractivity contribution in [3.8, 4) is 10.6 Å². The van der Waals surface area contributed by atoms with E-state index < -0.39 is 29.6 Å². The lowest BCUT2D eigenvalue weighted by Gasteiger charge is -2.16. The van der Waals surface area contributed by atoms with Gasteiger partial charge in [-0.15, -0.1) is 11.3 Å². The van der Waals surface area contributed by atoms with E-state index in [4.69, 9.17) is 10.5 Å². The van der Waals surface area contributed by atoms with Crippen LogP contribution in [0.25, 0.3) is 10.6 Å². The molecule has 0 saturated heterocycles. The summed E-state index contributed by atoms with van der Waals surface area (Å²) in [5, 5.41) is 2.52. The number of nitrogens with zero attached hydrogens (tertiary/aromatic N) is 3. The van der Waals surface area contributed by atoms with Gasteiger partial charge in [-0.25, -0.2) is 9.78 Å². The number of thiazole rings is 1. The number of nitrogens with two attached hydrogens (primary N) is 1. The number of aromatic nitrogens is 3. The molecule has 0 spiro atoms. The molecule has 0 bridgehead atoms. The third-order valence-corrected chi connectivity index (χ3v) is 5.61. The topological polar surface area (TPSA) is 126 Å². The fraction of sp³-hybridized carbons (Fsp3) is 0.318. The summed E-state index contributed by atoms with van der Waals surface area (Å²) in [5.41, 5.74) is 5.65. The Labute approximate surface area is 188 Å². The Kier molecular flexibility index (Phi) is 7.04. The minimum absolute atomic E-state index is 0.0622. The van der Waals surface area contributed by atoms with Crippen molar-refractivity contribution in [1.82, 2.24) is 14.1 Å². The number of benzene rings is 1. The Bertz CT molecular complexity index is 1260. The summed E-state index contributed by atoms with van der Waals surface area (Å²) < 4.78 is 7.07. The molecule has 0 aliphatic carbocycles. The largest absolute Gasteiger partial charge is 0.457 e. The van der Waals surface area contributed by atoms with Crippen LogP contribution in [0, 0.1) is 5.92 Å². The molecule has 0 saturated carbocycles. The van der Waals surface area contributed by atoms with Crippen LogP contribution in [0.2, 0.25) is 0 Å². The van der Waals surface area contributed by atoms with Crippen molar-refractivity contribution >= 4 is 28.9 Å². The zero-order chi connectivity index (χ0) is 23.4. The average molecular weight is 457 g/mol. The first kappa shape index (κ1) is 23.1. The molecule has 0 radical (unpaired) electrons. The van der Waals surface area contributed by atoms with Gasteiger partial charge in [0.15, 0.2) is 6.61 Å². The molecule has 32 heavy (non-hydrogen) atoms. The lowest BCUT2D eigenvalue weighted by molar-refractivity contribution is -0.141. The van der Waals surface area contributed by atoms with Crippen molar-refractivity contribution in [3.63, 3.8) is 0 Å². The highest BCUT2D eigenvalue weighted by molar-refractivity contribution is 7.13. The molecule has 0 atom stereocenters. The molecule has 2 aromatic heterocycles. The molecule has 0 aliphatic heterocycles. The second-order valence-electron chi connectivity index (χ2n) is 7.68. The highest BCUT2D eigenvalue weighted by Crippen LogP contribution is 2.23. The molecule has 0 aliphatic rings. The smallest absolute Gasteiger partial charge is 0.332 e. The molecule has 2 heterocycles. The maximum Gasteiger partial charge on any atom is 0.332 e. The van der Waals surface area contributed by atoms with E-state index in [2.05, 4.69) is 4.98 Å². The molecule has 0 fully saturated rings. The van der Waals surface area contributed by atoms with Crippen molar-refractivity contribution in [2.45, 2.75) is 26.8 Å². The second kappa shape index (κ2) is 9.73. The van der Waals surface area contributed by atoms with E-state index >= 15 is 0 Å². The van der Waals surface area contributed by atoms with Crippen LogP contribution >= 0.6 is 11.3 Å². The number of hydrogen-bond donors (Lipinski definition) is 1. The summed E-state index contributed by atoms with van der Waals surface area (Å²) in [7, 11) is 1.27. The first-order chi connectivity index (χ1) is 15.2. The Morgan fingerprint density at radius 2 is 1.88 bits per heavy atom. The maximum absolute atomic E-state index is 12.6. The SMILES string of the molecule is CC(C)Cn1c(N)c(C(=O)COC(=O)Cc2csc(-c3ccccc3)n2)c(=O)n(C)c1=O. The molecule has 168 valence electrons. The number of carbonyl (C=O) groups excluding carboxylic acids is 2. The fourth-order valence-corrected chi connectivity index (χ4v) is 3.93. The van der Waals surface area contributed by atoms with Gasteiger partial charge in [-0.2, -0.15) is 0 Å². The van der Waals surface area contributed by atoms with Crippen LogP contribution in [0.4, 0.5) is 5.82 Å². The van der Waals surface area contributed by atoms with Gasteiger partial charge in [0.2, 0.25) is 5.78 Å². The Balaban J connectivity index is 1.70. The number of ether oxygens (including phenoxy) is 1. The highest BCUT2D eigenvalue weighted by Gasteiger charge is 2.23. The summed E-state index contributed by atoms with van der Waals surface area (Å²) in [4.78, 5) is 54.1. The van der Waals surface area contributed by atoms with Gasteiger partial charge in [0.1, 0.15) is 16.4 Å². The predicted molar refractivity (Wildman–Crippen MR) is 122 cm³/mol. The lowest BCUT2D eigenvalue weighted by atomic mass is 10.1. The van der Waals surface area contributed by atoms with Crippen LogP contribution in [0.1, 0.15) is 29.9 Å². The van der Waals surface area contributed by atoms with Gasteiger partial charge in [0, 0.05) is 24.5 Å². The molecule has 1 aromatic carbocycles. The van der Waals surface area contributed by atoms with Crippen LogP contribution in [-0.2, 0) is 29.5 Å². The van der Waals surface area contributed by atoms with E-state index in [0.717, 1.165) is 15.1 Å². The van der Waals surface area contributed by atoms with Gasteiger partial charge in [-0.3, -0.25) is 23.5 Å². The van der Waals surface area contributed by atoms with Crippen molar-refractivity contribution in [1.29, 1.82) is 0 Å². The Hall–Kier alpha value is -3.53. The number of hydrogen-bond acceptors (Lipinski definition) is 8. The van der Waals surface area contributed by atoms with Crippen molar-refractivity contribution in [3.05, 3.63) is 67.8 Å². The van der Waals surface area contributed by atoms with E-state index in [1.807, 2.05) is 44.2 Å². The number of esters is 1. The minimum Gasteiger partial charge on any atom is -0.457 e.